The minimum Gasteiger partial charge on any atom is -0.504 e. The monoisotopic (exact) mass is 239 g/mol. The van der Waals surface area contributed by atoms with Gasteiger partial charge in [0.15, 0.2) is 11.5 Å². The molecule has 0 aliphatic carbocycles. The van der Waals surface area contributed by atoms with Crippen LogP contribution in [0.1, 0.15) is 5.56 Å². The number of phenolic OH excluding ortho intramolecular Hbond substituents is 1. The number of ether oxygens (including phenoxy) is 1. The average Bonchev–Trinajstić information content (AvgIpc) is 2.39. The Morgan fingerprint density at radius 1 is 1.17 bits per heavy atom. The molecule has 0 unspecified atom stereocenters. The molecule has 0 saturated carbocycles. The number of hydrogen-bond acceptors (Lipinski definition) is 3. The second kappa shape index (κ2) is 4.72. The molecule has 0 radical (unpaired) electrons. The summed E-state index contributed by atoms with van der Waals surface area (Å²) in [7, 11) is 1.47. The van der Waals surface area contributed by atoms with Crippen molar-refractivity contribution in [1.29, 1.82) is 0 Å². The molecule has 0 atom stereocenters. The van der Waals surface area contributed by atoms with Gasteiger partial charge in [-0.25, -0.2) is 0 Å². The Morgan fingerprint density at radius 2 is 1.83 bits per heavy atom. The molecule has 2 aromatic carbocycles. The van der Waals surface area contributed by atoms with Crippen LogP contribution in [0.2, 0.25) is 0 Å². The van der Waals surface area contributed by atoms with E-state index < -0.39 is 0 Å². The van der Waals surface area contributed by atoms with E-state index in [1.807, 2.05) is 12.1 Å². The average molecular weight is 239 g/mol. The van der Waals surface area contributed by atoms with E-state index in [2.05, 4.69) is 5.92 Å². The van der Waals surface area contributed by atoms with Crippen molar-refractivity contribution in [2.75, 3.05) is 12.8 Å². The fourth-order valence-corrected chi connectivity index (χ4v) is 1.82. The lowest BCUT2D eigenvalue weighted by Gasteiger charge is -2.11. The maximum Gasteiger partial charge on any atom is 0.176 e. The van der Waals surface area contributed by atoms with E-state index in [1.165, 1.54) is 7.11 Å². The quantitative estimate of drug-likeness (QED) is 0.625. The third kappa shape index (κ3) is 1.96. The van der Waals surface area contributed by atoms with Crippen molar-refractivity contribution in [3.8, 4) is 35.0 Å². The first-order valence-electron chi connectivity index (χ1n) is 5.40. The minimum absolute atomic E-state index is 0.0321. The summed E-state index contributed by atoms with van der Waals surface area (Å²) < 4.78 is 5.14. The molecular formula is C15H13NO2. The first-order chi connectivity index (χ1) is 8.67. The zero-order chi connectivity index (χ0) is 13.1. The summed E-state index contributed by atoms with van der Waals surface area (Å²) in [5.74, 6) is 2.90. The number of hydrogen-bond donors (Lipinski definition) is 2. The summed E-state index contributed by atoms with van der Waals surface area (Å²) in [5.41, 5.74) is 8.62. The van der Waals surface area contributed by atoms with Crippen molar-refractivity contribution in [2.45, 2.75) is 0 Å². The van der Waals surface area contributed by atoms with Crippen molar-refractivity contribution in [1.82, 2.24) is 0 Å². The number of terminal acetylenes is 1. The molecule has 18 heavy (non-hydrogen) atoms. The predicted octanol–water partition coefficient (Wildman–Crippen LogP) is 2.63. The molecule has 2 rings (SSSR count). The van der Waals surface area contributed by atoms with Gasteiger partial charge in [-0.1, -0.05) is 18.1 Å². The molecule has 0 amide bonds. The van der Waals surface area contributed by atoms with Gasteiger partial charge in [0.2, 0.25) is 0 Å². The highest BCUT2D eigenvalue weighted by Gasteiger charge is 2.13. The van der Waals surface area contributed by atoms with Gasteiger partial charge >= 0.3 is 0 Å². The fraction of sp³-hybridized carbons (Fsp3) is 0.0667. The van der Waals surface area contributed by atoms with E-state index in [0.29, 0.717) is 17.0 Å². The predicted molar refractivity (Wildman–Crippen MR) is 72.4 cm³/mol. The maximum atomic E-state index is 9.70. The molecule has 0 aliphatic heterocycles. The number of methoxy groups -OCH3 is 1. The van der Waals surface area contributed by atoms with Crippen LogP contribution in [0.15, 0.2) is 36.4 Å². The van der Waals surface area contributed by atoms with Gasteiger partial charge in [-0.2, -0.15) is 0 Å². The van der Waals surface area contributed by atoms with Crippen molar-refractivity contribution in [2.24, 2.45) is 0 Å². The molecule has 0 bridgehead atoms. The zero-order valence-corrected chi connectivity index (χ0v) is 9.97. The zero-order valence-electron chi connectivity index (χ0n) is 9.97. The molecule has 90 valence electrons. The normalized spacial score (nSPS) is 9.78. The highest BCUT2D eigenvalue weighted by Crippen LogP contribution is 2.36. The van der Waals surface area contributed by atoms with Crippen molar-refractivity contribution < 1.29 is 9.84 Å². The van der Waals surface area contributed by atoms with Crippen LogP contribution >= 0.6 is 0 Å². The molecule has 0 aliphatic rings. The molecule has 3 nitrogen and oxygen atoms in total. The Hall–Kier alpha value is -2.60. The third-order valence-corrected chi connectivity index (χ3v) is 2.71. The van der Waals surface area contributed by atoms with E-state index >= 15 is 0 Å². The Labute approximate surface area is 106 Å². The second-order valence-corrected chi connectivity index (χ2v) is 3.81. The molecular weight excluding hydrogens is 226 g/mol. The lowest BCUT2D eigenvalue weighted by atomic mass is 9.98. The molecule has 0 saturated heterocycles. The van der Waals surface area contributed by atoms with Crippen LogP contribution in [0, 0.1) is 12.3 Å². The van der Waals surface area contributed by atoms with Gasteiger partial charge in [0.25, 0.3) is 0 Å². The highest BCUT2D eigenvalue weighted by molar-refractivity contribution is 5.77. The highest BCUT2D eigenvalue weighted by atomic mass is 16.5. The molecule has 3 heteroatoms. The SMILES string of the molecule is C#Cc1c(-c2ccc(N)cc2)ccc(O)c1OC. The number of nitrogen functional groups attached to an aromatic ring is 1. The van der Waals surface area contributed by atoms with Crippen molar-refractivity contribution >= 4 is 5.69 Å². The van der Waals surface area contributed by atoms with Crippen LogP contribution in [-0.2, 0) is 0 Å². The summed E-state index contributed by atoms with van der Waals surface area (Å²) in [6.07, 6.45) is 5.50. The summed E-state index contributed by atoms with van der Waals surface area (Å²) in [4.78, 5) is 0. The number of rotatable bonds is 2. The second-order valence-electron chi connectivity index (χ2n) is 3.81. The molecule has 0 aromatic heterocycles. The smallest absolute Gasteiger partial charge is 0.176 e. The number of benzene rings is 2. The number of nitrogens with two attached hydrogens (primary N) is 1. The molecule has 0 fully saturated rings. The van der Waals surface area contributed by atoms with Crippen LogP contribution < -0.4 is 10.5 Å². The van der Waals surface area contributed by atoms with Crippen molar-refractivity contribution in [3.63, 3.8) is 0 Å². The Bertz CT molecular complexity index is 610. The molecule has 2 aromatic rings. The summed E-state index contributed by atoms with van der Waals surface area (Å²) in [5, 5.41) is 9.70. The van der Waals surface area contributed by atoms with Crippen LogP contribution in [0.25, 0.3) is 11.1 Å². The first-order valence-corrected chi connectivity index (χ1v) is 5.40. The number of anilines is 1. The number of aromatic hydroxyl groups is 1. The van der Waals surface area contributed by atoms with Crippen molar-refractivity contribution in [3.05, 3.63) is 42.0 Å². The molecule has 0 spiro atoms. The van der Waals surface area contributed by atoms with E-state index in [9.17, 15) is 5.11 Å². The Balaban J connectivity index is 2.65. The molecule has 0 heterocycles. The third-order valence-electron chi connectivity index (χ3n) is 2.71. The van der Waals surface area contributed by atoms with Gasteiger partial charge in [-0.15, -0.1) is 6.42 Å². The van der Waals surface area contributed by atoms with Crippen LogP contribution in [0.4, 0.5) is 5.69 Å². The number of phenols is 1. The topological polar surface area (TPSA) is 55.5 Å². The van der Waals surface area contributed by atoms with Crippen LogP contribution in [-0.4, -0.2) is 12.2 Å². The van der Waals surface area contributed by atoms with Gasteiger partial charge in [0.05, 0.1) is 12.7 Å². The summed E-state index contributed by atoms with van der Waals surface area (Å²) >= 11 is 0. The van der Waals surface area contributed by atoms with Gasteiger partial charge in [-0.3, -0.25) is 0 Å². The van der Waals surface area contributed by atoms with E-state index in [4.69, 9.17) is 16.9 Å². The summed E-state index contributed by atoms with van der Waals surface area (Å²) in [6, 6.07) is 10.7. The lowest BCUT2D eigenvalue weighted by molar-refractivity contribution is 0.372. The van der Waals surface area contributed by atoms with E-state index in [-0.39, 0.29) is 5.75 Å². The maximum absolute atomic E-state index is 9.70. The largest absolute Gasteiger partial charge is 0.504 e. The Morgan fingerprint density at radius 3 is 2.39 bits per heavy atom. The van der Waals surface area contributed by atoms with Gasteiger partial charge in [0.1, 0.15) is 0 Å². The first kappa shape index (κ1) is 11.9. The van der Waals surface area contributed by atoms with Gasteiger partial charge < -0.3 is 15.6 Å². The van der Waals surface area contributed by atoms with Crippen LogP contribution in [0.5, 0.6) is 11.5 Å². The lowest BCUT2D eigenvalue weighted by Crippen LogP contribution is -1.92. The molecule has 3 N–H and O–H groups in total. The standard InChI is InChI=1S/C15H13NO2/c1-3-12-13(8-9-14(17)15(12)18-2)10-4-6-11(16)7-5-10/h1,4-9,17H,16H2,2H3. The Kier molecular flexibility index (Phi) is 3.11. The fourth-order valence-electron chi connectivity index (χ4n) is 1.82. The minimum atomic E-state index is 0.0321. The van der Waals surface area contributed by atoms with E-state index in [0.717, 1.165) is 11.1 Å². The van der Waals surface area contributed by atoms with Crippen LogP contribution in [0.3, 0.4) is 0 Å². The van der Waals surface area contributed by atoms with Gasteiger partial charge in [0, 0.05) is 11.3 Å². The van der Waals surface area contributed by atoms with Gasteiger partial charge in [-0.05, 0) is 29.8 Å². The summed E-state index contributed by atoms with van der Waals surface area (Å²) in [6.45, 7) is 0. The van der Waals surface area contributed by atoms with E-state index in [1.54, 1.807) is 24.3 Å².